The summed E-state index contributed by atoms with van der Waals surface area (Å²) in [4.78, 5) is 0. The van der Waals surface area contributed by atoms with Gasteiger partial charge in [0, 0.05) is 5.56 Å². The van der Waals surface area contributed by atoms with Gasteiger partial charge in [-0.25, -0.2) is 0 Å². The number of hydrogen-bond donors (Lipinski definition) is 1. The van der Waals surface area contributed by atoms with E-state index in [1.807, 2.05) is 13.0 Å². The maximum Gasteiger partial charge on any atom is 0.123 e. The summed E-state index contributed by atoms with van der Waals surface area (Å²) in [6.07, 6.45) is 2.33. The molecule has 13 heavy (non-hydrogen) atoms. The van der Waals surface area contributed by atoms with Crippen molar-refractivity contribution < 1.29 is 5.11 Å². The van der Waals surface area contributed by atoms with Gasteiger partial charge in [0.25, 0.3) is 0 Å². The summed E-state index contributed by atoms with van der Waals surface area (Å²) in [5, 5.41) is 9.59. The highest BCUT2D eigenvalue weighted by Crippen LogP contribution is 2.38. The lowest BCUT2D eigenvalue weighted by Gasteiger charge is -2.05. The van der Waals surface area contributed by atoms with E-state index in [0.717, 1.165) is 5.56 Å². The van der Waals surface area contributed by atoms with Crippen molar-refractivity contribution in [3.8, 4) is 5.75 Å². The molecule has 0 bridgehead atoms. The molecule has 0 aromatic heterocycles. The van der Waals surface area contributed by atoms with E-state index in [0.29, 0.717) is 11.2 Å². The average Bonchev–Trinajstić information content (AvgIpc) is 2.91. The van der Waals surface area contributed by atoms with Crippen LogP contribution in [-0.2, 0) is 0 Å². The molecule has 1 nitrogen and oxygen atoms in total. The zero-order chi connectivity index (χ0) is 9.42. The van der Waals surface area contributed by atoms with Gasteiger partial charge in [-0.1, -0.05) is 23.2 Å². The van der Waals surface area contributed by atoms with Crippen molar-refractivity contribution in [3.05, 3.63) is 29.3 Å². The van der Waals surface area contributed by atoms with Crippen LogP contribution in [-0.4, -0.2) is 13.0 Å². The van der Waals surface area contributed by atoms with E-state index >= 15 is 0 Å². The predicted octanol–water partition coefficient (Wildman–Crippen LogP) is 1.75. The number of allylic oxidation sites excluding steroid dienone is 2. The second-order valence-corrected chi connectivity index (χ2v) is 3.51. The van der Waals surface area contributed by atoms with Crippen LogP contribution in [0.1, 0.15) is 25.3 Å². The first-order valence-corrected chi connectivity index (χ1v) is 4.46. The molecule has 2 rings (SSSR count). The molecule has 0 amide bonds. The molecule has 2 heteroatoms. The van der Waals surface area contributed by atoms with Gasteiger partial charge in [0.05, 0.1) is 0 Å². The van der Waals surface area contributed by atoms with E-state index < -0.39 is 0 Å². The number of phenolic OH excluding ortho intramolecular Hbond substituents is 1. The van der Waals surface area contributed by atoms with Crippen molar-refractivity contribution >= 4 is 18.9 Å². The average molecular weight is 170 g/mol. The Morgan fingerprint density at radius 2 is 2.08 bits per heavy atom. The summed E-state index contributed by atoms with van der Waals surface area (Å²) >= 11 is 0. The maximum atomic E-state index is 9.59. The van der Waals surface area contributed by atoms with Gasteiger partial charge in [0.1, 0.15) is 13.6 Å². The van der Waals surface area contributed by atoms with Gasteiger partial charge in [0.15, 0.2) is 0 Å². The lowest BCUT2D eigenvalue weighted by molar-refractivity contribution is 0.473. The molecule has 1 saturated carbocycles. The summed E-state index contributed by atoms with van der Waals surface area (Å²) in [6, 6.07) is 5.19. The molecule has 0 spiro atoms. The Kier molecular flexibility index (Phi) is 1.91. The minimum Gasteiger partial charge on any atom is -0.507 e. The third-order valence-electron chi connectivity index (χ3n) is 2.45. The lowest BCUT2D eigenvalue weighted by atomic mass is 9.92. The molecule has 1 aliphatic rings. The molecule has 64 valence electrons. The van der Waals surface area contributed by atoms with Crippen LogP contribution in [0.3, 0.4) is 0 Å². The van der Waals surface area contributed by atoms with Gasteiger partial charge in [-0.3, -0.25) is 0 Å². The minimum absolute atomic E-state index is 0.325. The number of phenols is 1. The summed E-state index contributed by atoms with van der Waals surface area (Å²) in [7, 11) is 5.65. The van der Waals surface area contributed by atoms with Crippen LogP contribution in [0.2, 0.25) is 0 Å². The summed E-state index contributed by atoms with van der Waals surface area (Å²) in [6.45, 7) is 2.04. The molecule has 1 fully saturated rings. The maximum absolute atomic E-state index is 9.59. The molecule has 0 saturated heterocycles. The van der Waals surface area contributed by atoms with E-state index in [2.05, 4.69) is 0 Å². The fourth-order valence-electron chi connectivity index (χ4n) is 1.48. The van der Waals surface area contributed by atoms with E-state index in [9.17, 15) is 5.11 Å². The van der Waals surface area contributed by atoms with Gasteiger partial charge in [-0.05, 0) is 31.4 Å². The van der Waals surface area contributed by atoms with E-state index in [1.165, 1.54) is 24.0 Å². The van der Waals surface area contributed by atoms with Gasteiger partial charge in [0.2, 0.25) is 0 Å². The predicted molar refractivity (Wildman–Crippen MR) is 55.3 cm³/mol. The molecule has 0 unspecified atom stereocenters. The zero-order valence-corrected chi connectivity index (χ0v) is 7.67. The van der Waals surface area contributed by atoms with Crippen LogP contribution in [0.25, 0.3) is 5.57 Å². The fraction of sp³-hybridized carbons (Fsp3) is 0.273. The molecule has 1 N–H and O–H groups in total. The largest absolute Gasteiger partial charge is 0.507 e. The molecule has 0 aliphatic heterocycles. The number of benzene rings is 1. The monoisotopic (exact) mass is 170 g/mol. The van der Waals surface area contributed by atoms with Gasteiger partial charge >= 0.3 is 0 Å². The highest BCUT2D eigenvalue weighted by molar-refractivity contribution is 6.32. The number of hydrogen-bond acceptors (Lipinski definition) is 1. The van der Waals surface area contributed by atoms with Crippen molar-refractivity contribution in [2.45, 2.75) is 19.8 Å². The van der Waals surface area contributed by atoms with Crippen LogP contribution in [0.5, 0.6) is 5.75 Å². The Morgan fingerprint density at radius 3 is 2.69 bits per heavy atom. The second kappa shape index (κ2) is 2.95. The smallest absolute Gasteiger partial charge is 0.123 e. The van der Waals surface area contributed by atoms with Crippen molar-refractivity contribution in [2.24, 2.45) is 0 Å². The first kappa shape index (κ1) is 8.42. The SMILES string of the molecule is [B]c1ccc(O)c(C(C)=C2CC2)c1. The molecule has 1 aromatic rings. The molecule has 0 heterocycles. The highest BCUT2D eigenvalue weighted by Gasteiger charge is 2.17. The normalized spacial score (nSPS) is 14.4. The Balaban J connectivity index is 2.50. The summed E-state index contributed by atoms with van der Waals surface area (Å²) < 4.78 is 0. The third-order valence-corrected chi connectivity index (χ3v) is 2.45. The Labute approximate surface area is 79.5 Å². The first-order chi connectivity index (χ1) is 6.18. The standard InChI is InChI=1S/C11H11BO/c1-7(8-2-3-8)10-6-9(12)4-5-11(10)13/h4-6,13H,2-3H2,1H3. The van der Waals surface area contributed by atoms with Crippen molar-refractivity contribution in [2.75, 3.05) is 0 Å². The Bertz CT molecular complexity index is 374. The number of aromatic hydroxyl groups is 1. The number of rotatable bonds is 1. The minimum atomic E-state index is 0.325. The lowest BCUT2D eigenvalue weighted by Crippen LogP contribution is -2.01. The molecule has 2 radical (unpaired) electrons. The van der Waals surface area contributed by atoms with Crippen molar-refractivity contribution in [1.82, 2.24) is 0 Å². The summed E-state index contributed by atoms with van der Waals surface area (Å²) in [5.41, 5.74) is 4.20. The van der Waals surface area contributed by atoms with Gasteiger partial charge in [-0.15, -0.1) is 0 Å². The highest BCUT2D eigenvalue weighted by atomic mass is 16.3. The molecular weight excluding hydrogens is 159 g/mol. The van der Waals surface area contributed by atoms with Crippen LogP contribution in [0.4, 0.5) is 0 Å². The van der Waals surface area contributed by atoms with Crippen molar-refractivity contribution in [3.63, 3.8) is 0 Å². The summed E-state index contributed by atoms with van der Waals surface area (Å²) in [5.74, 6) is 0.325. The second-order valence-electron chi connectivity index (χ2n) is 3.51. The molecular formula is C11H11BO. The molecule has 1 aliphatic carbocycles. The quantitative estimate of drug-likeness (QED) is 0.636. The van der Waals surface area contributed by atoms with Crippen LogP contribution in [0, 0.1) is 0 Å². The van der Waals surface area contributed by atoms with Crippen LogP contribution >= 0.6 is 0 Å². The molecule has 1 aromatic carbocycles. The van der Waals surface area contributed by atoms with E-state index in [-0.39, 0.29) is 0 Å². The van der Waals surface area contributed by atoms with E-state index in [1.54, 1.807) is 12.1 Å². The van der Waals surface area contributed by atoms with Gasteiger partial charge in [-0.2, -0.15) is 0 Å². The molecule has 0 atom stereocenters. The third kappa shape index (κ3) is 1.62. The van der Waals surface area contributed by atoms with Crippen LogP contribution in [0.15, 0.2) is 23.8 Å². The Hall–Kier alpha value is -1.18. The zero-order valence-electron chi connectivity index (χ0n) is 7.67. The Morgan fingerprint density at radius 1 is 1.38 bits per heavy atom. The van der Waals surface area contributed by atoms with E-state index in [4.69, 9.17) is 7.85 Å². The fourth-order valence-corrected chi connectivity index (χ4v) is 1.48. The topological polar surface area (TPSA) is 20.2 Å². The van der Waals surface area contributed by atoms with Crippen LogP contribution < -0.4 is 5.46 Å². The first-order valence-electron chi connectivity index (χ1n) is 4.46. The van der Waals surface area contributed by atoms with Gasteiger partial charge < -0.3 is 5.11 Å². The van der Waals surface area contributed by atoms with Crippen molar-refractivity contribution in [1.29, 1.82) is 0 Å².